The molecule has 31 heavy (non-hydrogen) atoms. The van der Waals surface area contributed by atoms with Crippen molar-refractivity contribution in [3.05, 3.63) is 58.3 Å². The molecule has 3 aromatic rings. The van der Waals surface area contributed by atoms with Crippen LogP contribution in [0.3, 0.4) is 0 Å². The van der Waals surface area contributed by atoms with Crippen molar-refractivity contribution in [2.24, 2.45) is 0 Å². The Morgan fingerprint density at radius 1 is 1.06 bits per heavy atom. The van der Waals surface area contributed by atoms with Crippen molar-refractivity contribution in [2.45, 2.75) is 38.5 Å². The summed E-state index contributed by atoms with van der Waals surface area (Å²) in [5, 5.41) is 6.09. The van der Waals surface area contributed by atoms with Crippen LogP contribution in [0.4, 0.5) is 0 Å². The summed E-state index contributed by atoms with van der Waals surface area (Å²) in [5.74, 6) is 1.56. The second-order valence-electron chi connectivity index (χ2n) is 8.42. The maximum Gasteiger partial charge on any atom is 0.253 e. The van der Waals surface area contributed by atoms with Gasteiger partial charge in [0.2, 0.25) is 11.7 Å². The minimum atomic E-state index is 0.181. The van der Waals surface area contributed by atoms with Crippen molar-refractivity contribution in [3.8, 4) is 10.7 Å². The summed E-state index contributed by atoms with van der Waals surface area (Å²) >= 11 is 1.62. The molecule has 1 fully saturated rings. The molecule has 0 atom stereocenters. The molecule has 1 aromatic carbocycles. The lowest BCUT2D eigenvalue weighted by molar-refractivity contribution is 0.0635. The van der Waals surface area contributed by atoms with E-state index in [2.05, 4.69) is 27.2 Å². The van der Waals surface area contributed by atoms with Crippen molar-refractivity contribution >= 4 is 17.2 Å². The van der Waals surface area contributed by atoms with Crippen LogP contribution in [0.1, 0.15) is 46.6 Å². The molecule has 0 bridgehead atoms. The number of nitrogens with zero attached hydrogens (tertiary/aromatic N) is 4. The van der Waals surface area contributed by atoms with Crippen LogP contribution in [0, 0.1) is 0 Å². The summed E-state index contributed by atoms with van der Waals surface area (Å²) in [6.45, 7) is 4.40. The Kier molecular flexibility index (Phi) is 6.13. The van der Waals surface area contributed by atoms with Crippen LogP contribution in [0.2, 0.25) is 0 Å². The SMILES string of the molecule is O=C(c1ccc2c(c1)CCCC2)N1CCN(CCCc2nc(-c3cccs3)no2)CC1. The first kappa shape index (κ1) is 20.4. The molecular weight excluding hydrogens is 408 g/mol. The molecule has 0 unspecified atom stereocenters. The van der Waals surface area contributed by atoms with Gasteiger partial charge < -0.3 is 9.42 Å². The highest BCUT2D eigenvalue weighted by molar-refractivity contribution is 7.13. The van der Waals surface area contributed by atoms with E-state index >= 15 is 0 Å². The van der Waals surface area contributed by atoms with Crippen molar-refractivity contribution in [2.75, 3.05) is 32.7 Å². The standard InChI is InChI=1S/C24H28N4O2S/c29-24(20-10-9-18-5-1-2-6-19(18)17-20)28-14-12-27(13-15-28)11-3-8-22-25-23(26-30-22)21-7-4-16-31-21/h4,7,9-10,16-17H,1-3,5-6,8,11-15H2. The second kappa shape index (κ2) is 9.32. The van der Waals surface area contributed by atoms with E-state index in [0.29, 0.717) is 11.7 Å². The van der Waals surface area contributed by atoms with Crippen molar-refractivity contribution < 1.29 is 9.32 Å². The van der Waals surface area contributed by atoms with Gasteiger partial charge in [0.15, 0.2) is 0 Å². The molecule has 6 nitrogen and oxygen atoms in total. The number of hydrogen-bond acceptors (Lipinski definition) is 6. The fourth-order valence-corrected chi connectivity index (χ4v) is 5.19. The zero-order valence-corrected chi connectivity index (χ0v) is 18.6. The number of amides is 1. The number of carbonyl (C=O) groups excluding carboxylic acids is 1. The summed E-state index contributed by atoms with van der Waals surface area (Å²) in [7, 11) is 0. The van der Waals surface area contributed by atoms with Gasteiger partial charge in [0.05, 0.1) is 4.88 Å². The van der Waals surface area contributed by atoms with Gasteiger partial charge in [0.1, 0.15) is 0 Å². The van der Waals surface area contributed by atoms with Gasteiger partial charge in [-0.1, -0.05) is 17.3 Å². The summed E-state index contributed by atoms with van der Waals surface area (Å²) in [5.41, 5.74) is 3.66. The largest absolute Gasteiger partial charge is 0.339 e. The van der Waals surface area contributed by atoms with Crippen LogP contribution in [0.15, 0.2) is 40.2 Å². The van der Waals surface area contributed by atoms with Gasteiger partial charge >= 0.3 is 0 Å². The summed E-state index contributed by atoms with van der Waals surface area (Å²) in [6.07, 6.45) is 6.53. The average molecular weight is 437 g/mol. The van der Waals surface area contributed by atoms with E-state index in [1.807, 2.05) is 28.5 Å². The molecule has 0 spiro atoms. The smallest absolute Gasteiger partial charge is 0.253 e. The van der Waals surface area contributed by atoms with E-state index in [4.69, 9.17) is 4.52 Å². The summed E-state index contributed by atoms with van der Waals surface area (Å²) in [4.78, 5) is 22.9. The minimum absolute atomic E-state index is 0.181. The lowest BCUT2D eigenvalue weighted by Crippen LogP contribution is -2.48. The Morgan fingerprint density at radius 3 is 2.71 bits per heavy atom. The Labute approximate surface area is 186 Å². The predicted octanol–water partition coefficient (Wildman–Crippen LogP) is 4.07. The van der Waals surface area contributed by atoms with Crippen molar-refractivity contribution in [1.82, 2.24) is 19.9 Å². The number of piperazine rings is 1. The fraction of sp³-hybridized carbons (Fsp3) is 0.458. The van der Waals surface area contributed by atoms with E-state index in [0.717, 1.165) is 68.8 Å². The number of hydrogen-bond donors (Lipinski definition) is 0. The number of aryl methyl sites for hydroxylation is 3. The Morgan fingerprint density at radius 2 is 1.90 bits per heavy atom. The van der Waals surface area contributed by atoms with Crippen LogP contribution in [-0.2, 0) is 19.3 Å². The molecule has 3 heterocycles. The first-order valence-corrected chi connectivity index (χ1v) is 12.1. The van der Waals surface area contributed by atoms with Gasteiger partial charge in [-0.25, -0.2) is 0 Å². The first-order valence-electron chi connectivity index (χ1n) is 11.3. The van der Waals surface area contributed by atoms with Crippen LogP contribution >= 0.6 is 11.3 Å². The molecule has 1 amide bonds. The quantitative estimate of drug-likeness (QED) is 0.583. The zero-order chi connectivity index (χ0) is 21.0. The Bertz CT molecular complexity index is 1020. The molecule has 0 N–H and O–H groups in total. The summed E-state index contributed by atoms with van der Waals surface area (Å²) in [6, 6.07) is 10.3. The van der Waals surface area contributed by atoms with Gasteiger partial charge in [0.25, 0.3) is 5.91 Å². The number of fused-ring (bicyclic) bond motifs is 1. The monoisotopic (exact) mass is 436 g/mol. The normalized spacial score (nSPS) is 17.0. The fourth-order valence-electron chi connectivity index (χ4n) is 4.54. The highest BCUT2D eigenvalue weighted by Gasteiger charge is 2.23. The van der Waals surface area contributed by atoms with E-state index in [9.17, 15) is 4.79 Å². The van der Waals surface area contributed by atoms with Gasteiger partial charge in [-0.2, -0.15) is 4.98 Å². The minimum Gasteiger partial charge on any atom is -0.339 e. The molecule has 1 aliphatic carbocycles. The average Bonchev–Trinajstić information content (AvgIpc) is 3.51. The van der Waals surface area contributed by atoms with E-state index in [1.165, 1.54) is 24.0 Å². The van der Waals surface area contributed by atoms with Crippen LogP contribution in [0.25, 0.3) is 10.7 Å². The molecule has 0 saturated carbocycles. The highest BCUT2D eigenvalue weighted by atomic mass is 32.1. The number of thiophene rings is 1. The third kappa shape index (κ3) is 4.72. The van der Waals surface area contributed by atoms with Crippen molar-refractivity contribution in [3.63, 3.8) is 0 Å². The van der Waals surface area contributed by atoms with Gasteiger partial charge in [-0.15, -0.1) is 11.3 Å². The highest BCUT2D eigenvalue weighted by Crippen LogP contribution is 2.23. The van der Waals surface area contributed by atoms with Gasteiger partial charge in [-0.3, -0.25) is 9.69 Å². The number of aromatic nitrogens is 2. The van der Waals surface area contributed by atoms with Crippen LogP contribution < -0.4 is 0 Å². The van der Waals surface area contributed by atoms with E-state index in [-0.39, 0.29) is 5.91 Å². The number of rotatable bonds is 6. The van der Waals surface area contributed by atoms with Crippen LogP contribution in [0.5, 0.6) is 0 Å². The molecule has 5 rings (SSSR count). The predicted molar refractivity (Wildman–Crippen MR) is 121 cm³/mol. The van der Waals surface area contributed by atoms with Crippen molar-refractivity contribution in [1.29, 1.82) is 0 Å². The van der Waals surface area contributed by atoms with Gasteiger partial charge in [-0.05, 0) is 73.4 Å². The molecular formula is C24H28N4O2S. The molecule has 162 valence electrons. The Balaban J connectivity index is 1.08. The molecule has 7 heteroatoms. The maximum atomic E-state index is 13.0. The molecule has 1 saturated heterocycles. The van der Waals surface area contributed by atoms with Crippen LogP contribution in [-0.4, -0.2) is 58.6 Å². The zero-order valence-electron chi connectivity index (χ0n) is 17.8. The van der Waals surface area contributed by atoms with E-state index < -0.39 is 0 Å². The summed E-state index contributed by atoms with van der Waals surface area (Å²) < 4.78 is 5.39. The lowest BCUT2D eigenvalue weighted by atomic mass is 9.90. The molecule has 2 aliphatic rings. The molecule has 1 aliphatic heterocycles. The maximum absolute atomic E-state index is 13.0. The van der Waals surface area contributed by atoms with E-state index in [1.54, 1.807) is 11.3 Å². The third-order valence-electron chi connectivity index (χ3n) is 6.33. The second-order valence-corrected chi connectivity index (χ2v) is 9.36. The van der Waals surface area contributed by atoms with Gasteiger partial charge in [0, 0.05) is 38.2 Å². The number of carbonyl (C=O) groups is 1. The third-order valence-corrected chi connectivity index (χ3v) is 7.20. The number of benzene rings is 1. The topological polar surface area (TPSA) is 62.5 Å². The Hall–Kier alpha value is -2.51. The lowest BCUT2D eigenvalue weighted by Gasteiger charge is -2.35. The first-order chi connectivity index (χ1) is 15.3. The molecule has 0 radical (unpaired) electrons. The molecule has 2 aromatic heterocycles.